The van der Waals surface area contributed by atoms with Crippen molar-refractivity contribution in [2.75, 3.05) is 0 Å². The number of fused-ring (bicyclic) bond motifs is 1. The van der Waals surface area contributed by atoms with Crippen molar-refractivity contribution in [3.63, 3.8) is 0 Å². The number of rotatable bonds is 1. The second-order valence-corrected chi connectivity index (χ2v) is 5.82. The van der Waals surface area contributed by atoms with Gasteiger partial charge in [-0.2, -0.15) is 0 Å². The summed E-state index contributed by atoms with van der Waals surface area (Å²) in [5, 5.41) is 0. The molecule has 5 nitrogen and oxygen atoms in total. The molecule has 1 aliphatic rings. The van der Waals surface area contributed by atoms with E-state index in [0.29, 0.717) is 0 Å². The summed E-state index contributed by atoms with van der Waals surface area (Å²) in [5.74, 6) is 2.06. The average Bonchev–Trinajstić information content (AvgIpc) is 3.35. The van der Waals surface area contributed by atoms with Crippen LogP contribution in [-0.2, 0) is 4.57 Å². The zero-order valence-corrected chi connectivity index (χ0v) is 13.6. The first-order valence-corrected chi connectivity index (χ1v) is 8.65. The highest BCUT2D eigenvalue weighted by atomic mass is 31.2. The lowest BCUT2D eigenvalue weighted by atomic mass is 10.1. The summed E-state index contributed by atoms with van der Waals surface area (Å²) in [6.07, 6.45) is 0. The maximum atomic E-state index is 8.88. The fourth-order valence-corrected chi connectivity index (χ4v) is 1.87. The molecular weight excluding hydrogens is 327 g/mol. The molecule has 0 aliphatic carbocycles. The van der Waals surface area contributed by atoms with Crippen LogP contribution in [0.5, 0.6) is 11.5 Å². The number of phosphoric acid groups is 1. The normalized spacial score (nSPS) is 10.8. The summed E-state index contributed by atoms with van der Waals surface area (Å²) in [5.41, 5.74) is 2.55. The molecule has 1 aliphatic heterocycles. The molecule has 3 aromatic carbocycles. The van der Waals surface area contributed by atoms with E-state index in [2.05, 4.69) is 48.5 Å². The van der Waals surface area contributed by atoms with Crippen LogP contribution in [0, 0.1) is 0 Å². The largest absolute Gasteiger partial charge is 0.466 e. The minimum absolute atomic E-state index is 1.03. The van der Waals surface area contributed by atoms with E-state index in [4.69, 9.17) is 24.0 Å². The molecule has 24 heavy (non-hydrogen) atoms. The molecular formula is C18H17O5P. The Bertz CT molecular complexity index is 733. The fourth-order valence-electron chi connectivity index (χ4n) is 1.87. The molecule has 0 saturated carbocycles. The van der Waals surface area contributed by atoms with Gasteiger partial charge in [-0.15, -0.1) is 0 Å². The van der Waals surface area contributed by atoms with Crippen molar-refractivity contribution in [3.8, 4) is 22.6 Å². The van der Waals surface area contributed by atoms with E-state index in [1.807, 2.05) is 36.4 Å². The molecule has 0 amide bonds. The van der Waals surface area contributed by atoms with Crippen LogP contribution < -0.4 is 4.74 Å². The number of hydrogen-bond acceptors (Lipinski definition) is 2. The predicted molar refractivity (Wildman–Crippen MR) is 92.7 cm³/mol. The molecule has 0 spiro atoms. The third-order valence-electron chi connectivity index (χ3n) is 2.91. The van der Waals surface area contributed by atoms with Crippen LogP contribution in [-0.4, -0.2) is 14.7 Å². The number of ether oxygens (including phenoxy) is 1. The summed E-state index contributed by atoms with van der Waals surface area (Å²) < 4.78 is 13.8. The van der Waals surface area contributed by atoms with E-state index in [1.54, 1.807) is 0 Å². The van der Waals surface area contributed by atoms with E-state index < -0.39 is 7.82 Å². The summed E-state index contributed by atoms with van der Waals surface area (Å²) in [7, 11) is -4.64. The molecule has 0 saturated heterocycles. The van der Waals surface area contributed by atoms with Crippen molar-refractivity contribution in [1.29, 1.82) is 0 Å². The smallest absolute Gasteiger partial charge is 0.450 e. The van der Waals surface area contributed by atoms with Crippen molar-refractivity contribution >= 4 is 7.82 Å². The lowest BCUT2D eigenvalue weighted by molar-refractivity contribution is 0.275. The number of benzene rings is 3. The van der Waals surface area contributed by atoms with E-state index in [0.717, 1.165) is 11.5 Å². The Labute approximate surface area is 140 Å². The molecule has 3 N–H and O–H groups in total. The molecule has 0 atom stereocenters. The van der Waals surface area contributed by atoms with Gasteiger partial charge in [0.25, 0.3) is 0 Å². The molecule has 0 aromatic heterocycles. The second kappa shape index (κ2) is 8.43. The van der Waals surface area contributed by atoms with E-state index in [1.165, 1.54) is 11.1 Å². The molecule has 6 heteroatoms. The summed E-state index contributed by atoms with van der Waals surface area (Å²) in [6.45, 7) is 0. The van der Waals surface area contributed by atoms with Crippen LogP contribution in [0.4, 0.5) is 0 Å². The van der Waals surface area contributed by atoms with Crippen LogP contribution in [0.15, 0.2) is 84.9 Å². The molecule has 0 fully saturated rings. The number of para-hydroxylation sites is 2. The van der Waals surface area contributed by atoms with E-state index >= 15 is 0 Å². The van der Waals surface area contributed by atoms with Gasteiger partial charge in [-0.3, -0.25) is 0 Å². The van der Waals surface area contributed by atoms with Crippen molar-refractivity contribution in [2.45, 2.75) is 0 Å². The average molecular weight is 344 g/mol. The Kier molecular flexibility index (Phi) is 6.29. The topological polar surface area (TPSA) is 90.3 Å². The molecule has 0 unspecified atom stereocenters. The molecule has 0 radical (unpaired) electrons. The molecule has 0 bridgehead atoms. The fraction of sp³-hybridized carbons (Fsp3) is 0. The van der Waals surface area contributed by atoms with Gasteiger partial charge in [0.05, 0.1) is 0 Å². The molecule has 3 aromatic rings. The Morgan fingerprint density at radius 1 is 0.583 bits per heavy atom. The first-order chi connectivity index (χ1) is 11.4. The first-order valence-electron chi connectivity index (χ1n) is 7.09. The Morgan fingerprint density at radius 2 is 0.875 bits per heavy atom. The monoisotopic (exact) mass is 344 g/mol. The standard InChI is InChI=1S/C12H10.C6H4O.H3O4P/c1-3-7-11(8-4-1)12-9-5-2-6-10-12;1-2-4-6-5(3-1)7-6;1-5(2,3)4/h1-10H;1-4H;(H3,1,2,3,4). The number of hydrogen-bond donors (Lipinski definition) is 3. The Hall–Kier alpha value is -2.43. The highest BCUT2D eigenvalue weighted by Crippen LogP contribution is 2.43. The Balaban J connectivity index is 0.000000147. The van der Waals surface area contributed by atoms with E-state index in [-0.39, 0.29) is 0 Å². The lowest BCUT2D eigenvalue weighted by Crippen LogP contribution is -1.73. The Morgan fingerprint density at radius 3 is 1.17 bits per heavy atom. The third-order valence-corrected chi connectivity index (χ3v) is 2.91. The lowest BCUT2D eigenvalue weighted by Gasteiger charge is -1.98. The molecule has 4 rings (SSSR count). The zero-order chi connectivity index (χ0) is 17.4. The van der Waals surface area contributed by atoms with Gasteiger partial charge in [0, 0.05) is 0 Å². The van der Waals surface area contributed by atoms with Gasteiger partial charge in [-0.1, -0.05) is 72.8 Å². The van der Waals surface area contributed by atoms with Crippen molar-refractivity contribution < 1.29 is 24.0 Å². The predicted octanol–water partition coefficient (Wildman–Crippen LogP) is 4.22. The SMILES string of the molecule is O=P(O)(O)O.c1ccc(-c2ccccc2)cc1.c1ccc2c(c1)O2. The molecule has 124 valence electrons. The quantitative estimate of drug-likeness (QED) is 0.355. The summed E-state index contributed by atoms with van der Waals surface area (Å²) in [4.78, 5) is 21.6. The summed E-state index contributed by atoms with van der Waals surface area (Å²) in [6, 6.07) is 28.6. The first kappa shape index (κ1) is 17.9. The van der Waals surface area contributed by atoms with Gasteiger partial charge in [0.1, 0.15) is 0 Å². The third kappa shape index (κ3) is 7.22. The minimum atomic E-state index is -4.64. The van der Waals surface area contributed by atoms with Crippen LogP contribution >= 0.6 is 7.82 Å². The second-order valence-electron chi connectivity index (χ2n) is 4.79. The zero-order valence-electron chi connectivity index (χ0n) is 12.7. The van der Waals surface area contributed by atoms with Crippen LogP contribution in [0.3, 0.4) is 0 Å². The van der Waals surface area contributed by atoms with Crippen LogP contribution in [0.25, 0.3) is 11.1 Å². The van der Waals surface area contributed by atoms with E-state index in [9.17, 15) is 0 Å². The van der Waals surface area contributed by atoms with Gasteiger partial charge < -0.3 is 19.4 Å². The van der Waals surface area contributed by atoms with Gasteiger partial charge in [0.2, 0.25) is 0 Å². The summed E-state index contributed by atoms with van der Waals surface area (Å²) >= 11 is 0. The molecule has 1 heterocycles. The van der Waals surface area contributed by atoms with Crippen LogP contribution in [0.1, 0.15) is 0 Å². The van der Waals surface area contributed by atoms with Gasteiger partial charge >= 0.3 is 7.82 Å². The van der Waals surface area contributed by atoms with Crippen molar-refractivity contribution in [2.24, 2.45) is 0 Å². The van der Waals surface area contributed by atoms with Gasteiger partial charge in [0.15, 0.2) is 11.5 Å². The van der Waals surface area contributed by atoms with Gasteiger partial charge in [-0.25, -0.2) is 4.57 Å². The van der Waals surface area contributed by atoms with Gasteiger partial charge in [-0.05, 0) is 23.3 Å². The van der Waals surface area contributed by atoms with Crippen molar-refractivity contribution in [3.05, 3.63) is 84.9 Å². The maximum absolute atomic E-state index is 8.88. The van der Waals surface area contributed by atoms with Crippen LogP contribution in [0.2, 0.25) is 0 Å². The van der Waals surface area contributed by atoms with Crippen molar-refractivity contribution in [1.82, 2.24) is 0 Å². The maximum Gasteiger partial charge on any atom is 0.466 e. The minimum Gasteiger partial charge on any atom is -0.450 e. The highest BCUT2D eigenvalue weighted by Gasteiger charge is 2.15. The highest BCUT2D eigenvalue weighted by molar-refractivity contribution is 7.45.